The lowest BCUT2D eigenvalue weighted by Crippen LogP contribution is -2.58. The zero-order chi connectivity index (χ0) is 13.1. The molecule has 2 aliphatic rings. The number of methoxy groups -OCH3 is 1. The number of carbonyl (C=O) groups excluding carboxylic acids is 1. The summed E-state index contributed by atoms with van der Waals surface area (Å²) in [6, 6.07) is -0.0108. The van der Waals surface area contributed by atoms with Gasteiger partial charge in [0.15, 0.2) is 0 Å². The number of likely N-dealkylation sites (tertiary alicyclic amines) is 2. The molecule has 2 aliphatic heterocycles. The zero-order valence-corrected chi connectivity index (χ0v) is 10.7. The minimum absolute atomic E-state index is 0.0108. The first kappa shape index (κ1) is 13.1. The van der Waals surface area contributed by atoms with E-state index in [1.54, 1.807) is 12.0 Å². The quantitative estimate of drug-likeness (QED) is 0.797. The molecule has 18 heavy (non-hydrogen) atoms. The Morgan fingerprint density at radius 1 is 1.22 bits per heavy atom. The molecule has 0 bridgehead atoms. The number of carboxylic acids is 1. The number of hydrogen-bond donors (Lipinski definition) is 1. The molecule has 2 amide bonds. The van der Waals surface area contributed by atoms with Crippen LogP contribution in [-0.2, 0) is 9.53 Å². The fourth-order valence-corrected chi connectivity index (χ4v) is 2.52. The number of nitrogens with zero attached hydrogens (tertiary/aromatic N) is 2. The summed E-state index contributed by atoms with van der Waals surface area (Å²) in [5, 5.41) is 8.77. The second-order valence-electron chi connectivity index (χ2n) is 5.11. The number of hydrogen-bond acceptors (Lipinski definition) is 3. The smallest absolute Gasteiger partial charge is 0.320 e. The molecule has 0 aromatic rings. The Labute approximate surface area is 106 Å². The van der Waals surface area contributed by atoms with E-state index in [0.29, 0.717) is 19.0 Å². The first-order chi connectivity index (χ1) is 8.61. The van der Waals surface area contributed by atoms with Crippen LogP contribution in [0.1, 0.15) is 12.8 Å². The van der Waals surface area contributed by atoms with E-state index >= 15 is 0 Å². The number of piperidine rings is 1. The Morgan fingerprint density at radius 3 is 2.33 bits per heavy atom. The van der Waals surface area contributed by atoms with Crippen LogP contribution in [0.25, 0.3) is 0 Å². The number of carbonyl (C=O) groups is 2. The number of urea groups is 1. The van der Waals surface area contributed by atoms with Gasteiger partial charge in [0.1, 0.15) is 0 Å². The van der Waals surface area contributed by atoms with Crippen LogP contribution in [-0.4, -0.2) is 66.8 Å². The topological polar surface area (TPSA) is 70.1 Å². The maximum Gasteiger partial charge on any atom is 0.320 e. The largest absolute Gasteiger partial charge is 0.481 e. The number of rotatable bonds is 3. The fourth-order valence-electron chi connectivity index (χ4n) is 2.52. The number of carboxylic acid groups (broad SMARTS) is 1. The summed E-state index contributed by atoms with van der Waals surface area (Å²) in [5.41, 5.74) is 0. The van der Waals surface area contributed by atoms with E-state index in [0.717, 1.165) is 32.5 Å². The van der Waals surface area contributed by atoms with Gasteiger partial charge in [0.2, 0.25) is 0 Å². The predicted octanol–water partition coefficient (Wildman–Crippen LogP) is 0.481. The normalized spacial score (nSPS) is 21.8. The number of amides is 2. The van der Waals surface area contributed by atoms with Gasteiger partial charge in [-0.15, -0.1) is 0 Å². The molecule has 1 N–H and O–H groups in total. The van der Waals surface area contributed by atoms with Crippen LogP contribution in [0.3, 0.4) is 0 Å². The first-order valence-electron chi connectivity index (χ1n) is 6.37. The van der Waals surface area contributed by atoms with Crippen LogP contribution < -0.4 is 0 Å². The van der Waals surface area contributed by atoms with Gasteiger partial charge in [-0.25, -0.2) is 4.79 Å². The zero-order valence-electron chi connectivity index (χ0n) is 10.7. The lowest BCUT2D eigenvalue weighted by Gasteiger charge is -2.41. The van der Waals surface area contributed by atoms with Crippen molar-refractivity contribution < 1.29 is 19.4 Å². The molecule has 2 rings (SSSR count). The van der Waals surface area contributed by atoms with E-state index in [1.807, 2.05) is 4.90 Å². The lowest BCUT2D eigenvalue weighted by atomic mass is 9.97. The van der Waals surface area contributed by atoms with E-state index in [9.17, 15) is 9.59 Å². The highest BCUT2D eigenvalue weighted by atomic mass is 16.5. The van der Waals surface area contributed by atoms with Crippen molar-refractivity contribution in [1.29, 1.82) is 0 Å². The molecular weight excluding hydrogens is 236 g/mol. The van der Waals surface area contributed by atoms with E-state index in [4.69, 9.17) is 9.84 Å². The van der Waals surface area contributed by atoms with Crippen LogP contribution in [0.2, 0.25) is 0 Å². The van der Waals surface area contributed by atoms with E-state index in [2.05, 4.69) is 0 Å². The van der Waals surface area contributed by atoms with Gasteiger partial charge in [0.05, 0.1) is 5.92 Å². The van der Waals surface area contributed by atoms with Gasteiger partial charge >= 0.3 is 12.0 Å². The third kappa shape index (κ3) is 2.75. The van der Waals surface area contributed by atoms with E-state index in [1.165, 1.54) is 0 Å². The molecular formula is C12H20N2O4. The predicted molar refractivity (Wildman–Crippen MR) is 64.3 cm³/mol. The fraction of sp³-hybridized carbons (Fsp3) is 0.833. The minimum atomic E-state index is -0.808. The molecule has 0 radical (unpaired) electrons. The minimum Gasteiger partial charge on any atom is -0.481 e. The number of ether oxygens (including phenoxy) is 1. The lowest BCUT2D eigenvalue weighted by molar-refractivity contribution is -0.146. The van der Waals surface area contributed by atoms with Crippen molar-refractivity contribution in [2.24, 2.45) is 11.8 Å². The summed E-state index contributed by atoms with van der Waals surface area (Å²) < 4.78 is 5.12. The SMILES string of the molecule is COCC1CCN(C(=O)N2CC(C(=O)O)C2)CC1. The van der Waals surface area contributed by atoms with Gasteiger partial charge in [0.25, 0.3) is 0 Å². The van der Waals surface area contributed by atoms with Crippen molar-refractivity contribution in [2.45, 2.75) is 12.8 Å². The van der Waals surface area contributed by atoms with Crippen LogP contribution in [0.4, 0.5) is 4.79 Å². The standard InChI is InChI=1S/C12H20N2O4/c1-18-8-9-2-4-13(5-3-9)12(17)14-6-10(7-14)11(15)16/h9-10H,2-8H2,1H3,(H,15,16). The van der Waals surface area contributed by atoms with Crippen molar-refractivity contribution in [1.82, 2.24) is 9.80 Å². The Hall–Kier alpha value is -1.30. The third-order valence-corrected chi connectivity index (χ3v) is 3.79. The maximum atomic E-state index is 12.0. The molecule has 0 spiro atoms. The van der Waals surface area contributed by atoms with Crippen molar-refractivity contribution in [3.63, 3.8) is 0 Å². The Bertz CT molecular complexity index is 320. The van der Waals surface area contributed by atoms with Crippen molar-refractivity contribution in [3.05, 3.63) is 0 Å². The summed E-state index contributed by atoms with van der Waals surface area (Å²) in [6.07, 6.45) is 1.94. The molecule has 0 aliphatic carbocycles. The summed E-state index contributed by atoms with van der Waals surface area (Å²) >= 11 is 0. The second kappa shape index (κ2) is 5.56. The number of aliphatic carboxylic acids is 1. The van der Waals surface area contributed by atoms with Gasteiger partial charge < -0.3 is 19.6 Å². The Morgan fingerprint density at radius 2 is 1.83 bits per heavy atom. The maximum absolute atomic E-state index is 12.0. The molecule has 2 fully saturated rings. The summed E-state index contributed by atoms with van der Waals surface area (Å²) in [7, 11) is 1.70. The van der Waals surface area contributed by atoms with Gasteiger partial charge in [-0.3, -0.25) is 4.79 Å². The van der Waals surface area contributed by atoms with Gasteiger partial charge in [-0.1, -0.05) is 0 Å². The Kier molecular flexibility index (Phi) is 4.06. The molecule has 0 saturated carbocycles. The van der Waals surface area contributed by atoms with Crippen molar-refractivity contribution in [3.8, 4) is 0 Å². The van der Waals surface area contributed by atoms with E-state index in [-0.39, 0.29) is 11.9 Å². The van der Waals surface area contributed by atoms with Crippen molar-refractivity contribution in [2.75, 3.05) is 39.9 Å². The molecule has 0 aromatic carbocycles. The van der Waals surface area contributed by atoms with Crippen LogP contribution in [0, 0.1) is 11.8 Å². The molecule has 0 atom stereocenters. The average Bonchev–Trinajstić information content (AvgIpc) is 2.27. The van der Waals surface area contributed by atoms with Gasteiger partial charge in [-0.05, 0) is 18.8 Å². The second-order valence-corrected chi connectivity index (χ2v) is 5.11. The third-order valence-electron chi connectivity index (χ3n) is 3.79. The van der Waals surface area contributed by atoms with Crippen LogP contribution in [0.5, 0.6) is 0 Å². The molecule has 6 nitrogen and oxygen atoms in total. The van der Waals surface area contributed by atoms with E-state index < -0.39 is 5.97 Å². The van der Waals surface area contributed by atoms with Crippen LogP contribution in [0.15, 0.2) is 0 Å². The summed E-state index contributed by atoms with van der Waals surface area (Å²) in [4.78, 5) is 26.2. The highest BCUT2D eigenvalue weighted by Crippen LogP contribution is 2.22. The highest BCUT2D eigenvalue weighted by Gasteiger charge is 2.38. The molecule has 2 heterocycles. The average molecular weight is 256 g/mol. The summed E-state index contributed by atoms with van der Waals surface area (Å²) in [6.45, 7) is 2.97. The first-order valence-corrected chi connectivity index (χ1v) is 6.37. The molecule has 6 heteroatoms. The van der Waals surface area contributed by atoms with Gasteiger partial charge in [0, 0.05) is 39.9 Å². The highest BCUT2D eigenvalue weighted by molar-refractivity contribution is 5.79. The molecule has 2 saturated heterocycles. The molecule has 102 valence electrons. The van der Waals surface area contributed by atoms with Crippen LogP contribution >= 0.6 is 0 Å². The molecule has 0 aromatic heterocycles. The monoisotopic (exact) mass is 256 g/mol. The van der Waals surface area contributed by atoms with Crippen molar-refractivity contribution >= 4 is 12.0 Å². The molecule has 0 unspecified atom stereocenters. The Balaban J connectivity index is 1.74. The van der Waals surface area contributed by atoms with Gasteiger partial charge in [-0.2, -0.15) is 0 Å². The summed E-state index contributed by atoms with van der Waals surface area (Å²) in [5.74, 6) is -0.639.